The van der Waals surface area contributed by atoms with E-state index >= 15 is 0 Å². The first-order valence-electron chi connectivity index (χ1n) is 9.51. The van der Waals surface area contributed by atoms with Gasteiger partial charge in [-0.2, -0.15) is 0 Å². The molecule has 4 heteroatoms. The van der Waals surface area contributed by atoms with Crippen molar-refractivity contribution in [3.63, 3.8) is 0 Å². The maximum Gasteiger partial charge on any atom is 0.309 e. The van der Waals surface area contributed by atoms with Gasteiger partial charge in [0.1, 0.15) is 0 Å². The second-order valence-corrected chi connectivity index (χ2v) is 8.73. The minimum absolute atomic E-state index is 0.0231. The fourth-order valence-corrected chi connectivity index (χ4v) is 6.60. The fraction of sp³-hybridized carbons (Fsp3) is 0.667. The Kier molecular flexibility index (Phi) is 4.12. The lowest BCUT2D eigenvalue weighted by atomic mass is 9.40. The van der Waals surface area contributed by atoms with Crippen LogP contribution in [0.2, 0.25) is 0 Å². The Labute approximate surface area is 147 Å². The smallest absolute Gasteiger partial charge is 0.309 e. The van der Waals surface area contributed by atoms with Crippen molar-refractivity contribution < 1.29 is 18.7 Å². The third kappa shape index (κ3) is 2.78. The van der Waals surface area contributed by atoms with Crippen LogP contribution in [0, 0.1) is 23.2 Å². The van der Waals surface area contributed by atoms with Crippen molar-refractivity contribution in [2.45, 2.75) is 63.2 Å². The molecule has 1 aromatic rings. The normalized spacial score (nSPS) is 39.1. The molecule has 2 atom stereocenters. The zero-order chi connectivity index (χ0) is 17.7. The summed E-state index contributed by atoms with van der Waals surface area (Å²) >= 11 is 0. The van der Waals surface area contributed by atoms with Gasteiger partial charge in [0.25, 0.3) is 0 Å². The molecule has 0 radical (unpaired) electrons. The van der Waals surface area contributed by atoms with E-state index in [0.717, 1.165) is 38.5 Å². The van der Waals surface area contributed by atoms with Crippen LogP contribution >= 0.6 is 0 Å². The average molecular weight is 348 g/mol. The first-order chi connectivity index (χ1) is 11.9. The van der Waals surface area contributed by atoms with Crippen LogP contribution in [0.1, 0.15) is 56.9 Å². The third-order valence-corrected chi connectivity index (χ3v) is 7.30. The lowest BCUT2D eigenvalue weighted by molar-refractivity contribution is -0.175. The molecule has 0 amide bonds. The number of carboxylic acid groups (broad SMARTS) is 1. The summed E-state index contributed by atoms with van der Waals surface area (Å²) in [5.74, 6) is 0.530. The molecule has 0 spiro atoms. The van der Waals surface area contributed by atoms with Crippen LogP contribution in [0.4, 0.5) is 8.78 Å². The van der Waals surface area contributed by atoms with Crippen LogP contribution in [-0.2, 0) is 10.2 Å². The number of alkyl halides is 2. The lowest BCUT2D eigenvalue weighted by Crippen LogP contribution is -2.60. The van der Waals surface area contributed by atoms with Crippen LogP contribution in [-0.4, -0.2) is 17.5 Å². The summed E-state index contributed by atoms with van der Waals surface area (Å²) < 4.78 is 25.0. The molecule has 0 saturated heterocycles. The van der Waals surface area contributed by atoms with Gasteiger partial charge in [-0.05, 0) is 73.7 Å². The van der Waals surface area contributed by atoms with Crippen molar-refractivity contribution in [1.82, 2.24) is 0 Å². The lowest BCUT2D eigenvalue weighted by Gasteiger charge is -2.64. The van der Waals surface area contributed by atoms with Crippen molar-refractivity contribution in [1.29, 1.82) is 0 Å². The first-order valence-corrected chi connectivity index (χ1v) is 9.51. The van der Waals surface area contributed by atoms with Gasteiger partial charge in [-0.25, -0.2) is 8.78 Å². The summed E-state index contributed by atoms with van der Waals surface area (Å²) in [6.07, 6.45) is 3.44. The second-order valence-electron chi connectivity index (χ2n) is 8.73. The quantitative estimate of drug-likeness (QED) is 0.760. The fourth-order valence-electron chi connectivity index (χ4n) is 6.60. The number of aliphatic carboxylic acids is 1. The largest absolute Gasteiger partial charge is 0.481 e. The van der Waals surface area contributed by atoms with Gasteiger partial charge in [0.05, 0.1) is 5.41 Å². The first kappa shape index (κ1) is 17.0. The number of carboxylic acids is 1. The number of benzene rings is 1. The minimum atomic E-state index is -2.22. The van der Waals surface area contributed by atoms with E-state index in [1.165, 1.54) is 5.56 Å². The Morgan fingerprint density at radius 1 is 1.12 bits per heavy atom. The number of halogens is 2. The van der Waals surface area contributed by atoms with E-state index in [1.807, 2.05) is 18.2 Å². The van der Waals surface area contributed by atoms with Crippen molar-refractivity contribution >= 4 is 5.97 Å². The highest BCUT2D eigenvalue weighted by Gasteiger charge is 2.63. The number of rotatable bonds is 6. The number of hydrogen-bond acceptors (Lipinski definition) is 1. The molecule has 5 rings (SSSR count). The van der Waals surface area contributed by atoms with Gasteiger partial charge < -0.3 is 5.11 Å². The zero-order valence-corrected chi connectivity index (χ0v) is 14.5. The summed E-state index contributed by atoms with van der Waals surface area (Å²) in [5.41, 5.74) is 0.659. The molecule has 1 N–H and O–H groups in total. The van der Waals surface area contributed by atoms with Gasteiger partial charge >= 0.3 is 5.97 Å². The molecule has 2 nitrogen and oxygen atoms in total. The topological polar surface area (TPSA) is 37.3 Å². The van der Waals surface area contributed by atoms with Crippen LogP contribution in [0.3, 0.4) is 0 Å². The maximum absolute atomic E-state index is 12.5. The SMILES string of the molecule is O=C(O)C12CC3CC(c4ccccc4)(CC(C1)C3CCCC(F)F)C2. The molecule has 4 saturated carbocycles. The number of hydrogen-bond donors (Lipinski definition) is 1. The van der Waals surface area contributed by atoms with Crippen LogP contribution in [0.5, 0.6) is 0 Å². The van der Waals surface area contributed by atoms with E-state index in [4.69, 9.17) is 0 Å². The van der Waals surface area contributed by atoms with Crippen LogP contribution in [0.25, 0.3) is 0 Å². The van der Waals surface area contributed by atoms with E-state index in [2.05, 4.69) is 12.1 Å². The molecular weight excluding hydrogens is 322 g/mol. The van der Waals surface area contributed by atoms with Gasteiger partial charge in [-0.1, -0.05) is 30.3 Å². The highest BCUT2D eigenvalue weighted by molar-refractivity contribution is 5.76. The maximum atomic E-state index is 12.5. The van der Waals surface area contributed by atoms with E-state index in [0.29, 0.717) is 24.2 Å². The molecule has 0 aromatic heterocycles. The van der Waals surface area contributed by atoms with Crippen LogP contribution in [0.15, 0.2) is 30.3 Å². The highest BCUT2D eigenvalue weighted by Crippen LogP contribution is 2.68. The van der Waals surface area contributed by atoms with Crippen molar-refractivity contribution in [2.75, 3.05) is 0 Å². The summed E-state index contributed by atoms with van der Waals surface area (Å²) in [7, 11) is 0. The molecule has 1 aromatic carbocycles. The Bertz CT molecular complexity index is 627. The zero-order valence-electron chi connectivity index (χ0n) is 14.5. The van der Waals surface area contributed by atoms with Gasteiger partial charge in [0, 0.05) is 6.42 Å². The molecule has 136 valence electrons. The van der Waals surface area contributed by atoms with Gasteiger partial charge in [-0.15, -0.1) is 0 Å². The van der Waals surface area contributed by atoms with E-state index in [-0.39, 0.29) is 11.8 Å². The molecule has 4 fully saturated rings. The molecule has 4 aliphatic carbocycles. The molecule has 0 aliphatic heterocycles. The van der Waals surface area contributed by atoms with Crippen molar-refractivity contribution in [3.05, 3.63) is 35.9 Å². The molecule has 25 heavy (non-hydrogen) atoms. The summed E-state index contributed by atoms with van der Waals surface area (Å²) in [5, 5.41) is 9.98. The summed E-state index contributed by atoms with van der Waals surface area (Å²) in [4.78, 5) is 12.1. The molecular formula is C21H26F2O2. The van der Waals surface area contributed by atoms with Crippen molar-refractivity contribution in [3.8, 4) is 0 Å². The third-order valence-electron chi connectivity index (χ3n) is 7.30. The van der Waals surface area contributed by atoms with E-state index in [9.17, 15) is 18.7 Å². The Hall–Kier alpha value is -1.45. The molecule has 2 unspecified atom stereocenters. The predicted molar refractivity (Wildman–Crippen MR) is 91.6 cm³/mol. The van der Waals surface area contributed by atoms with E-state index < -0.39 is 17.8 Å². The van der Waals surface area contributed by atoms with E-state index in [1.54, 1.807) is 0 Å². The standard InChI is InChI=1S/C21H26F2O2/c22-18(23)8-4-7-17-14-9-20(16-5-2-1-3-6-16)10-15(17)12-21(11-14,13-20)19(24)25/h1-3,5-6,14-15,17-18H,4,7-13H2,(H,24,25). The predicted octanol–water partition coefficient (Wildman–Crippen LogP) is 5.27. The number of carbonyl (C=O) groups is 1. The summed E-state index contributed by atoms with van der Waals surface area (Å²) in [6, 6.07) is 10.4. The Balaban J connectivity index is 1.62. The average Bonchev–Trinajstić information content (AvgIpc) is 2.57. The van der Waals surface area contributed by atoms with Gasteiger partial charge in [0.2, 0.25) is 6.43 Å². The van der Waals surface area contributed by atoms with Crippen LogP contribution < -0.4 is 0 Å². The van der Waals surface area contributed by atoms with Gasteiger partial charge in [0.15, 0.2) is 0 Å². The minimum Gasteiger partial charge on any atom is -0.481 e. The molecule has 4 bridgehead atoms. The highest BCUT2D eigenvalue weighted by atomic mass is 19.3. The monoisotopic (exact) mass is 348 g/mol. The molecule has 0 heterocycles. The Morgan fingerprint density at radius 3 is 2.32 bits per heavy atom. The summed E-state index contributed by atoms with van der Waals surface area (Å²) in [6.45, 7) is 0. The van der Waals surface area contributed by atoms with Gasteiger partial charge in [-0.3, -0.25) is 4.79 Å². The Morgan fingerprint density at radius 2 is 1.76 bits per heavy atom. The molecule has 4 aliphatic rings. The van der Waals surface area contributed by atoms with Crippen molar-refractivity contribution in [2.24, 2.45) is 23.2 Å². The second kappa shape index (κ2) is 6.07.